The molecule has 1 aliphatic heterocycles. The highest BCUT2D eigenvalue weighted by Crippen LogP contribution is 2.27. The zero-order valence-corrected chi connectivity index (χ0v) is 11.3. The second kappa shape index (κ2) is 5.25. The van der Waals surface area contributed by atoms with Crippen molar-refractivity contribution in [2.75, 3.05) is 0 Å². The molecular formula is C14H12N4OS. The molecule has 4 N–H and O–H groups in total. The molecule has 0 saturated heterocycles. The summed E-state index contributed by atoms with van der Waals surface area (Å²) in [4.78, 5) is 2.21. The Morgan fingerprint density at radius 3 is 2.65 bits per heavy atom. The van der Waals surface area contributed by atoms with Crippen LogP contribution in [0, 0.1) is 11.3 Å². The number of aromatic hydroxyl groups is 1. The van der Waals surface area contributed by atoms with Gasteiger partial charge in [-0.05, 0) is 29.8 Å². The smallest absolute Gasteiger partial charge is 0.155 e. The van der Waals surface area contributed by atoms with Crippen molar-refractivity contribution in [3.8, 4) is 11.8 Å². The summed E-state index contributed by atoms with van der Waals surface area (Å²) < 4.78 is 0. The van der Waals surface area contributed by atoms with Gasteiger partial charge >= 0.3 is 0 Å². The first-order valence-electron chi connectivity index (χ1n) is 6.04. The van der Waals surface area contributed by atoms with Gasteiger partial charge in [0.05, 0.1) is 4.88 Å². The minimum absolute atomic E-state index is 0.275. The number of hydrazine groups is 2. The maximum atomic E-state index is 9.27. The summed E-state index contributed by atoms with van der Waals surface area (Å²) in [6.45, 7) is 0. The highest BCUT2D eigenvalue weighted by atomic mass is 32.1. The van der Waals surface area contributed by atoms with Gasteiger partial charge in [0.1, 0.15) is 17.5 Å². The number of thiophene rings is 1. The Bertz CT molecular complexity index is 697. The summed E-state index contributed by atoms with van der Waals surface area (Å²) >= 11 is 1.63. The molecule has 2 heterocycles. The lowest BCUT2D eigenvalue weighted by molar-refractivity contribution is 0.475. The molecule has 1 aliphatic rings. The Kier molecular flexibility index (Phi) is 3.29. The van der Waals surface area contributed by atoms with Gasteiger partial charge in [0.2, 0.25) is 0 Å². The summed E-state index contributed by atoms with van der Waals surface area (Å²) in [6.07, 6.45) is 0.807. The van der Waals surface area contributed by atoms with Crippen LogP contribution in [0.3, 0.4) is 0 Å². The number of nitrogens with zero attached hydrogens (tertiary/aromatic N) is 1. The molecule has 0 aliphatic carbocycles. The number of allylic oxidation sites excluding steroid dienone is 1. The quantitative estimate of drug-likeness (QED) is 0.691. The van der Waals surface area contributed by atoms with Crippen molar-refractivity contribution in [1.82, 2.24) is 16.4 Å². The van der Waals surface area contributed by atoms with E-state index < -0.39 is 0 Å². The highest BCUT2D eigenvalue weighted by molar-refractivity contribution is 7.13. The molecule has 1 aromatic heterocycles. The Hall–Kier alpha value is -2.49. The Labute approximate surface area is 120 Å². The minimum Gasteiger partial charge on any atom is -0.508 e. The van der Waals surface area contributed by atoms with Gasteiger partial charge < -0.3 is 5.11 Å². The largest absolute Gasteiger partial charge is 0.508 e. The molecule has 100 valence electrons. The number of phenols is 1. The third kappa shape index (κ3) is 2.45. The molecular weight excluding hydrogens is 272 g/mol. The van der Waals surface area contributed by atoms with Crippen LogP contribution in [0.25, 0.3) is 5.70 Å². The number of rotatable bonds is 3. The molecule has 6 heteroatoms. The van der Waals surface area contributed by atoms with E-state index in [1.54, 1.807) is 23.5 Å². The predicted octanol–water partition coefficient (Wildman–Crippen LogP) is 1.85. The zero-order chi connectivity index (χ0) is 13.9. The lowest BCUT2D eigenvalue weighted by atomic mass is 10.1. The number of hydrogen-bond acceptors (Lipinski definition) is 6. The third-order valence-electron chi connectivity index (χ3n) is 2.96. The molecule has 20 heavy (non-hydrogen) atoms. The SMILES string of the molecule is N#CC1=C(c2ccc(Cc3ccc(O)cc3)s2)NNN1. The molecule has 3 rings (SSSR count). The molecule has 0 unspecified atom stereocenters. The first kappa shape index (κ1) is 12.5. The molecule has 0 radical (unpaired) electrons. The topological polar surface area (TPSA) is 80.1 Å². The van der Waals surface area contributed by atoms with Crippen molar-refractivity contribution in [2.24, 2.45) is 0 Å². The summed E-state index contributed by atoms with van der Waals surface area (Å²) in [5.41, 5.74) is 10.8. The van der Waals surface area contributed by atoms with E-state index in [0.717, 1.165) is 22.6 Å². The number of benzene rings is 1. The monoisotopic (exact) mass is 284 g/mol. The van der Waals surface area contributed by atoms with Crippen LogP contribution >= 0.6 is 11.3 Å². The van der Waals surface area contributed by atoms with E-state index in [1.165, 1.54) is 4.88 Å². The summed E-state index contributed by atoms with van der Waals surface area (Å²) in [6, 6.07) is 13.3. The van der Waals surface area contributed by atoms with Gasteiger partial charge in [0.15, 0.2) is 5.70 Å². The minimum atomic E-state index is 0.275. The summed E-state index contributed by atoms with van der Waals surface area (Å²) in [7, 11) is 0. The van der Waals surface area contributed by atoms with E-state index in [1.807, 2.05) is 18.2 Å². The van der Waals surface area contributed by atoms with E-state index in [4.69, 9.17) is 5.26 Å². The van der Waals surface area contributed by atoms with Crippen molar-refractivity contribution < 1.29 is 5.11 Å². The molecule has 2 aromatic rings. The van der Waals surface area contributed by atoms with Gasteiger partial charge in [-0.1, -0.05) is 12.1 Å². The van der Waals surface area contributed by atoms with Gasteiger partial charge in [-0.25, -0.2) is 0 Å². The van der Waals surface area contributed by atoms with Crippen molar-refractivity contribution in [2.45, 2.75) is 6.42 Å². The lowest BCUT2D eigenvalue weighted by Crippen LogP contribution is -2.32. The fourth-order valence-electron chi connectivity index (χ4n) is 1.97. The van der Waals surface area contributed by atoms with Crippen LogP contribution in [0.4, 0.5) is 0 Å². The van der Waals surface area contributed by atoms with Crippen LogP contribution in [0.1, 0.15) is 15.3 Å². The maximum Gasteiger partial charge on any atom is 0.155 e. The predicted molar refractivity (Wildman–Crippen MR) is 77.2 cm³/mol. The third-order valence-corrected chi connectivity index (χ3v) is 4.06. The maximum absolute atomic E-state index is 9.27. The van der Waals surface area contributed by atoms with Crippen molar-refractivity contribution in [3.63, 3.8) is 0 Å². The summed E-state index contributed by atoms with van der Waals surface area (Å²) in [5, 5.41) is 18.3. The number of phenolic OH excluding ortho intramolecular Hbond substituents is 1. The molecule has 1 aromatic carbocycles. The van der Waals surface area contributed by atoms with Gasteiger partial charge in [-0.2, -0.15) is 5.26 Å². The lowest BCUT2D eigenvalue weighted by Gasteiger charge is -2.00. The first-order valence-corrected chi connectivity index (χ1v) is 6.86. The van der Waals surface area contributed by atoms with Gasteiger partial charge in [-0.3, -0.25) is 10.9 Å². The van der Waals surface area contributed by atoms with Crippen LogP contribution in [0.5, 0.6) is 5.75 Å². The fourth-order valence-corrected chi connectivity index (χ4v) is 3.02. The second-order valence-electron chi connectivity index (χ2n) is 4.35. The van der Waals surface area contributed by atoms with Crippen LogP contribution < -0.4 is 16.4 Å². The summed E-state index contributed by atoms with van der Waals surface area (Å²) in [5.74, 6) is 0.275. The van der Waals surface area contributed by atoms with Crippen LogP contribution in [-0.4, -0.2) is 5.11 Å². The molecule has 0 fully saturated rings. The average Bonchev–Trinajstić information content (AvgIpc) is 3.09. The van der Waals surface area contributed by atoms with Gasteiger partial charge in [0.25, 0.3) is 0 Å². The average molecular weight is 284 g/mol. The van der Waals surface area contributed by atoms with Crippen molar-refractivity contribution in [3.05, 3.63) is 57.4 Å². The van der Waals surface area contributed by atoms with Crippen molar-refractivity contribution >= 4 is 17.0 Å². The standard InChI is InChI=1S/C14H12N4OS/c15-8-12-14(17-18-16-12)13-6-5-11(20-13)7-9-1-3-10(19)4-2-9/h1-6,16-19H,7H2. The second-order valence-corrected chi connectivity index (χ2v) is 5.51. The molecule has 0 saturated carbocycles. The van der Waals surface area contributed by atoms with E-state index >= 15 is 0 Å². The van der Waals surface area contributed by atoms with E-state index in [9.17, 15) is 5.11 Å². The number of nitrogens with one attached hydrogen (secondary N) is 3. The van der Waals surface area contributed by atoms with Crippen LogP contribution in [0.15, 0.2) is 42.1 Å². The normalized spacial score (nSPS) is 13.8. The molecule has 0 bridgehead atoms. The molecule has 5 nitrogen and oxygen atoms in total. The first-order chi connectivity index (χ1) is 9.76. The highest BCUT2D eigenvalue weighted by Gasteiger charge is 2.16. The number of nitriles is 1. The van der Waals surface area contributed by atoms with Crippen LogP contribution in [0.2, 0.25) is 0 Å². The van der Waals surface area contributed by atoms with E-state index in [2.05, 4.69) is 28.5 Å². The molecule has 0 spiro atoms. The van der Waals surface area contributed by atoms with Gasteiger partial charge in [0, 0.05) is 11.3 Å². The fraction of sp³-hybridized carbons (Fsp3) is 0.0714. The molecule has 0 amide bonds. The number of hydrogen-bond donors (Lipinski definition) is 4. The Balaban J connectivity index is 1.81. The van der Waals surface area contributed by atoms with Crippen molar-refractivity contribution in [1.29, 1.82) is 5.26 Å². The Morgan fingerprint density at radius 1 is 1.10 bits per heavy atom. The van der Waals surface area contributed by atoms with Crippen LogP contribution in [-0.2, 0) is 6.42 Å². The Morgan fingerprint density at radius 2 is 1.90 bits per heavy atom. The van der Waals surface area contributed by atoms with E-state index in [0.29, 0.717) is 5.70 Å². The van der Waals surface area contributed by atoms with Gasteiger partial charge in [-0.15, -0.1) is 16.9 Å². The van der Waals surface area contributed by atoms with E-state index in [-0.39, 0.29) is 5.75 Å². The zero-order valence-electron chi connectivity index (χ0n) is 10.5. The molecule has 0 atom stereocenters.